The molecule has 1 aromatic rings. The van der Waals surface area contributed by atoms with Crippen molar-refractivity contribution in [3.05, 3.63) is 15.8 Å². The van der Waals surface area contributed by atoms with E-state index in [1.807, 2.05) is 0 Å². The molecule has 14 heavy (non-hydrogen) atoms. The number of thiophene rings is 1. The van der Waals surface area contributed by atoms with Gasteiger partial charge in [-0.15, -0.1) is 16.2 Å². The van der Waals surface area contributed by atoms with Crippen LogP contribution in [0.5, 0.6) is 0 Å². The lowest BCUT2D eigenvalue weighted by molar-refractivity contribution is 0.0596. The number of carbonyl (C=O) groups is 2. The smallest absolute Gasteiger partial charge is 0.347 e. The summed E-state index contributed by atoms with van der Waals surface area (Å²) in [6.07, 6.45) is 0. The van der Waals surface area contributed by atoms with Gasteiger partial charge in [0.25, 0.3) is 0 Å². The fourth-order valence-corrected chi connectivity index (χ4v) is 2.10. The zero-order chi connectivity index (χ0) is 10.7. The van der Waals surface area contributed by atoms with E-state index in [-0.39, 0.29) is 4.88 Å². The van der Waals surface area contributed by atoms with Crippen molar-refractivity contribution in [2.24, 2.45) is 0 Å². The van der Waals surface area contributed by atoms with Gasteiger partial charge in [0.1, 0.15) is 4.88 Å². The zero-order valence-corrected chi connectivity index (χ0v) is 9.16. The standard InChI is InChI=1S/C8H8O4S2/c1-11-7(9)5-3-4(13)6(14-5)8(10)12-2/h3,13H,1-2H3/p-1. The Hall–Kier alpha value is -1.14. The minimum Gasteiger partial charge on any atom is -0.778 e. The van der Waals surface area contributed by atoms with Crippen molar-refractivity contribution in [1.82, 2.24) is 0 Å². The van der Waals surface area contributed by atoms with Crippen LogP contribution in [0.2, 0.25) is 0 Å². The van der Waals surface area contributed by atoms with Gasteiger partial charge >= 0.3 is 11.9 Å². The molecule has 0 saturated heterocycles. The minimum atomic E-state index is -0.532. The van der Waals surface area contributed by atoms with Gasteiger partial charge < -0.3 is 22.1 Å². The maximum absolute atomic E-state index is 11.1. The van der Waals surface area contributed by atoms with E-state index in [9.17, 15) is 9.59 Å². The van der Waals surface area contributed by atoms with Crippen molar-refractivity contribution in [2.45, 2.75) is 4.90 Å². The molecule has 6 heteroatoms. The predicted molar refractivity (Wildman–Crippen MR) is 52.6 cm³/mol. The lowest BCUT2D eigenvalue weighted by Gasteiger charge is -2.02. The first-order valence-electron chi connectivity index (χ1n) is 3.57. The Labute approximate surface area is 90.2 Å². The summed E-state index contributed by atoms with van der Waals surface area (Å²) >= 11 is 5.86. The lowest BCUT2D eigenvalue weighted by atomic mass is 10.4. The van der Waals surface area contributed by atoms with E-state index in [0.29, 0.717) is 9.77 Å². The molecule has 0 aliphatic carbocycles. The number of ether oxygens (including phenoxy) is 2. The molecule has 1 aromatic heterocycles. The molecule has 1 heterocycles. The second-order valence-corrected chi connectivity index (χ2v) is 3.78. The summed E-state index contributed by atoms with van der Waals surface area (Å²) in [6, 6.07) is 1.43. The van der Waals surface area contributed by atoms with Crippen LogP contribution in [0.25, 0.3) is 0 Å². The van der Waals surface area contributed by atoms with E-state index >= 15 is 0 Å². The van der Waals surface area contributed by atoms with Gasteiger partial charge in [-0.05, 0) is 0 Å². The quantitative estimate of drug-likeness (QED) is 0.566. The zero-order valence-electron chi connectivity index (χ0n) is 7.53. The second kappa shape index (κ2) is 4.39. The van der Waals surface area contributed by atoms with Crippen LogP contribution < -0.4 is 0 Å². The molecule has 0 radical (unpaired) electrons. The summed E-state index contributed by atoms with van der Waals surface area (Å²) < 4.78 is 8.99. The van der Waals surface area contributed by atoms with Gasteiger partial charge in [-0.25, -0.2) is 9.59 Å². The number of carbonyl (C=O) groups excluding carboxylic acids is 2. The lowest BCUT2D eigenvalue weighted by Crippen LogP contribution is -1.99. The van der Waals surface area contributed by atoms with Crippen molar-refractivity contribution in [3.63, 3.8) is 0 Å². The molecule has 0 spiro atoms. The maximum atomic E-state index is 11.1. The van der Waals surface area contributed by atoms with Crippen LogP contribution in [0.15, 0.2) is 11.0 Å². The average molecular weight is 231 g/mol. The van der Waals surface area contributed by atoms with Crippen molar-refractivity contribution in [3.8, 4) is 0 Å². The SMILES string of the molecule is COC(=O)c1cc([S-])c(C(=O)OC)s1. The molecule has 0 aliphatic rings. The molecule has 0 amide bonds. The van der Waals surface area contributed by atoms with Crippen LogP contribution in [-0.2, 0) is 22.1 Å². The van der Waals surface area contributed by atoms with Gasteiger partial charge in [0.2, 0.25) is 0 Å². The van der Waals surface area contributed by atoms with E-state index in [4.69, 9.17) is 12.6 Å². The molecule has 0 saturated carbocycles. The Morgan fingerprint density at radius 2 is 1.86 bits per heavy atom. The molecule has 0 N–H and O–H groups in total. The van der Waals surface area contributed by atoms with E-state index in [2.05, 4.69) is 9.47 Å². The van der Waals surface area contributed by atoms with Gasteiger partial charge in [0.05, 0.1) is 19.1 Å². The average Bonchev–Trinajstić information content (AvgIpc) is 2.58. The van der Waals surface area contributed by atoms with Crippen LogP contribution in [0, 0.1) is 0 Å². The highest BCUT2D eigenvalue weighted by atomic mass is 32.1. The topological polar surface area (TPSA) is 52.6 Å². The van der Waals surface area contributed by atoms with E-state index in [0.717, 1.165) is 11.3 Å². The largest absolute Gasteiger partial charge is 0.778 e. The Morgan fingerprint density at radius 3 is 2.36 bits per heavy atom. The molecule has 0 atom stereocenters. The van der Waals surface area contributed by atoms with E-state index < -0.39 is 11.9 Å². The first-order chi connectivity index (χ1) is 6.60. The van der Waals surface area contributed by atoms with Crippen LogP contribution >= 0.6 is 11.3 Å². The van der Waals surface area contributed by atoms with Gasteiger partial charge in [-0.2, -0.15) is 0 Å². The number of esters is 2. The fraction of sp³-hybridized carbons (Fsp3) is 0.250. The van der Waals surface area contributed by atoms with Gasteiger partial charge in [0.15, 0.2) is 0 Å². The Morgan fingerprint density at radius 1 is 1.29 bits per heavy atom. The van der Waals surface area contributed by atoms with Crippen LogP contribution in [0.3, 0.4) is 0 Å². The monoisotopic (exact) mass is 231 g/mol. The summed E-state index contributed by atoms with van der Waals surface area (Å²) in [5, 5.41) is 0. The molecular weight excluding hydrogens is 224 g/mol. The Bertz CT molecular complexity index is 369. The number of rotatable bonds is 2. The fourth-order valence-electron chi connectivity index (χ4n) is 0.810. The molecule has 0 aliphatic heterocycles. The molecule has 0 unspecified atom stereocenters. The molecular formula is C8H7O4S2-. The molecule has 76 valence electrons. The first-order valence-corrected chi connectivity index (χ1v) is 4.80. The maximum Gasteiger partial charge on any atom is 0.347 e. The molecule has 1 rings (SSSR count). The molecule has 0 aromatic carbocycles. The number of hydrogen-bond acceptors (Lipinski definition) is 6. The van der Waals surface area contributed by atoms with Gasteiger partial charge in [-0.3, -0.25) is 0 Å². The third kappa shape index (κ3) is 2.02. The van der Waals surface area contributed by atoms with Crippen LogP contribution in [-0.4, -0.2) is 26.2 Å². The van der Waals surface area contributed by atoms with Gasteiger partial charge in [0, 0.05) is 0 Å². The Balaban J connectivity index is 3.05. The third-order valence-corrected chi connectivity index (χ3v) is 3.00. The Kier molecular flexibility index (Phi) is 3.43. The summed E-state index contributed by atoms with van der Waals surface area (Å²) in [4.78, 5) is 23.1. The molecule has 0 fully saturated rings. The number of methoxy groups -OCH3 is 2. The minimum absolute atomic E-state index is 0.253. The van der Waals surface area contributed by atoms with Gasteiger partial charge in [-0.1, -0.05) is 6.07 Å². The van der Waals surface area contributed by atoms with Crippen molar-refractivity contribution in [1.29, 1.82) is 0 Å². The molecule has 4 nitrogen and oxygen atoms in total. The van der Waals surface area contributed by atoms with E-state index in [1.54, 1.807) is 0 Å². The van der Waals surface area contributed by atoms with Crippen molar-refractivity contribution >= 4 is 35.9 Å². The predicted octanol–water partition coefficient (Wildman–Crippen LogP) is 1.23. The highest BCUT2D eigenvalue weighted by Gasteiger charge is 2.14. The highest BCUT2D eigenvalue weighted by Crippen LogP contribution is 2.23. The summed E-state index contributed by atoms with van der Waals surface area (Å²) in [5.41, 5.74) is 0. The van der Waals surface area contributed by atoms with Crippen molar-refractivity contribution in [2.75, 3.05) is 14.2 Å². The molecule has 0 bridgehead atoms. The normalized spacial score (nSPS) is 9.57. The van der Waals surface area contributed by atoms with Crippen molar-refractivity contribution < 1.29 is 19.1 Å². The first kappa shape index (κ1) is 10.9. The van der Waals surface area contributed by atoms with E-state index in [1.165, 1.54) is 20.3 Å². The summed E-state index contributed by atoms with van der Waals surface area (Å²) in [5.74, 6) is -1.04. The highest BCUT2D eigenvalue weighted by molar-refractivity contribution is 7.59. The second-order valence-electron chi connectivity index (χ2n) is 2.29. The summed E-state index contributed by atoms with van der Waals surface area (Å²) in [6.45, 7) is 0. The van der Waals surface area contributed by atoms with Crippen LogP contribution in [0.4, 0.5) is 0 Å². The van der Waals surface area contributed by atoms with Crippen LogP contribution in [0.1, 0.15) is 19.3 Å². The number of hydrogen-bond donors (Lipinski definition) is 0. The third-order valence-electron chi connectivity index (χ3n) is 1.46. The summed E-state index contributed by atoms with van der Waals surface area (Å²) in [7, 11) is 2.53.